The van der Waals surface area contributed by atoms with Gasteiger partial charge < -0.3 is 26.8 Å². The molecule has 8 nitrogen and oxygen atoms in total. The minimum absolute atomic E-state index is 0.0596. The average Bonchev–Trinajstić information content (AvgIpc) is 2.63. The van der Waals surface area contributed by atoms with Crippen molar-refractivity contribution in [2.75, 3.05) is 13.1 Å². The van der Waals surface area contributed by atoms with Gasteiger partial charge in [0.2, 0.25) is 11.8 Å². The maximum absolute atomic E-state index is 12.1. The first-order chi connectivity index (χ1) is 12.8. The first-order valence-electron chi connectivity index (χ1n) is 9.09. The third-order valence-electron chi connectivity index (χ3n) is 3.82. The van der Waals surface area contributed by atoms with E-state index in [2.05, 4.69) is 10.6 Å². The number of esters is 1. The number of benzene rings is 1. The molecule has 27 heavy (non-hydrogen) atoms. The Morgan fingerprint density at radius 3 is 1.96 bits per heavy atom. The van der Waals surface area contributed by atoms with Crippen LogP contribution < -0.4 is 22.1 Å². The Morgan fingerprint density at radius 1 is 0.963 bits per heavy atom. The highest BCUT2D eigenvalue weighted by atomic mass is 16.5. The minimum atomic E-state index is -0.695. The van der Waals surface area contributed by atoms with Crippen LogP contribution in [0.2, 0.25) is 0 Å². The number of carbonyl (C=O) groups is 3. The van der Waals surface area contributed by atoms with Gasteiger partial charge in [-0.05, 0) is 32.3 Å². The predicted octanol–water partition coefficient (Wildman–Crippen LogP) is -0.152. The zero-order valence-corrected chi connectivity index (χ0v) is 15.9. The van der Waals surface area contributed by atoms with Crippen molar-refractivity contribution in [2.24, 2.45) is 11.5 Å². The Hall–Kier alpha value is -2.45. The van der Waals surface area contributed by atoms with Gasteiger partial charge >= 0.3 is 5.97 Å². The van der Waals surface area contributed by atoms with Crippen molar-refractivity contribution >= 4 is 17.8 Å². The van der Waals surface area contributed by atoms with Gasteiger partial charge in [0, 0.05) is 6.42 Å². The van der Waals surface area contributed by atoms with E-state index in [1.807, 2.05) is 30.3 Å². The molecule has 0 aliphatic heterocycles. The molecule has 8 heteroatoms. The van der Waals surface area contributed by atoms with Crippen molar-refractivity contribution < 1.29 is 19.1 Å². The highest BCUT2D eigenvalue weighted by molar-refractivity contribution is 5.81. The molecule has 2 unspecified atom stereocenters. The quantitative estimate of drug-likeness (QED) is 0.395. The van der Waals surface area contributed by atoms with E-state index in [1.54, 1.807) is 13.8 Å². The number of nitrogens with two attached hydrogens (primary N) is 2. The number of rotatable bonds is 11. The third kappa shape index (κ3) is 9.72. The standard InChI is InChI=1S/C19H30N4O4/c1-13(20)18(25)22-11-16(12-23-19(26)14(2)21)27-17(24)10-6-9-15-7-4-3-5-8-15/h3-5,7-8,13-14,16H,6,9-12,20-21H2,1-2H3,(H,22,25)(H,23,26). The molecule has 6 N–H and O–H groups in total. The van der Waals surface area contributed by atoms with Gasteiger partial charge in [-0.3, -0.25) is 14.4 Å². The zero-order chi connectivity index (χ0) is 20.2. The summed E-state index contributed by atoms with van der Waals surface area (Å²) in [5, 5.41) is 5.20. The van der Waals surface area contributed by atoms with Crippen LogP contribution in [0, 0.1) is 0 Å². The number of nitrogens with one attached hydrogen (secondary N) is 2. The topological polar surface area (TPSA) is 137 Å². The fraction of sp³-hybridized carbons (Fsp3) is 0.526. The smallest absolute Gasteiger partial charge is 0.306 e. The lowest BCUT2D eigenvalue weighted by Crippen LogP contribution is -2.48. The van der Waals surface area contributed by atoms with Crippen LogP contribution in [-0.2, 0) is 25.5 Å². The maximum atomic E-state index is 12.1. The van der Waals surface area contributed by atoms with Gasteiger partial charge in [0.05, 0.1) is 25.2 Å². The molecule has 150 valence electrons. The van der Waals surface area contributed by atoms with Crippen LogP contribution in [0.5, 0.6) is 0 Å². The zero-order valence-electron chi connectivity index (χ0n) is 15.9. The second-order valence-electron chi connectivity index (χ2n) is 6.52. The molecule has 2 atom stereocenters. The number of amides is 2. The van der Waals surface area contributed by atoms with E-state index in [1.165, 1.54) is 0 Å². The first-order valence-corrected chi connectivity index (χ1v) is 9.09. The molecule has 0 aromatic heterocycles. The Labute approximate surface area is 160 Å². The van der Waals surface area contributed by atoms with Crippen molar-refractivity contribution in [2.45, 2.75) is 51.3 Å². The van der Waals surface area contributed by atoms with Crippen molar-refractivity contribution in [3.63, 3.8) is 0 Å². The summed E-state index contributed by atoms with van der Waals surface area (Å²) in [6.45, 7) is 3.23. The SMILES string of the molecule is CC(N)C(=O)NCC(CNC(=O)C(C)N)OC(=O)CCCc1ccccc1. The van der Waals surface area contributed by atoms with Gasteiger partial charge in [-0.2, -0.15) is 0 Å². The molecule has 0 saturated carbocycles. The number of hydrogen-bond acceptors (Lipinski definition) is 6. The lowest BCUT2D eigenvalue weighted by atomic mass is 10.1. The van der Waals surface area contributed by atoms with Crippen LogP contribution in [0.25, 0.3) is 0 Å². The number of ether oxygens (including phenoxy) is 1. The van der Waals surface area contributed by atoms with Crippen molar-refractivity contribution in [1.82, 2.24) is 10.6 Å². The molecule has 0 saturated heterocycles. The van der Waals surface area contributed by atoms with Crippen LogP contribution in [-0.4, -0.2) is 49.1 Å². The van der Waals surface area contributed by atoms with Crippen LogP contribution in [0.15, 0.2) is 30.3 Å². The van der Waals surface area contributed by atoms with Crippen LogP contribution >= 0.6 is 0 Å². The molecular weight excluding hydrogens is 348 g/mol. The van der Waals surface area contributed by atoms with E-state index in [0.29, 0.717) is 6.42 Å². The van der Waals surface area contributed by atoms with Gasteiger partial charge in [-0.1, -0.05) is 30.3 Å². The molecule has 1 rings (SSSR count). The van der Waals surface area contributed by atoms with Crippen LogP contribution in [0.3, 0.4) is 0 Å². The lowest BCUT2D eigenvalue weighted by molar-refractivity contribution is -0.150. The summed E-state index contributed by atoms with van der Waals surface area (Å²) in [6.07, 6.45) is 0.963. The number of aryl methyl sites for hydroxylation is 1. The summed E-state index contributed by atoms with van der Waals surface area (Å²) in [5.41, 5.74) is 12.1. The van der Waals surface area contributed by atoms with E-state index >= 15 is 0 Å². The highest BCUT2D eigenvalue weighted by Gasteiger charge is 2.18. The molecule has 2 amide bonds. The highest BCUT2D eigenvalue weighted by Crippen LogP contribution is 2.06. The predicted molar refractivity (Wildman–Crippen MR) is 103 cm³/mol. The Kier molecular flexibility index (Phi) is 10.1. The van der Waals surface area contributed by atoms with Crippen LogP contribution in [0.4, 0.5) is 0 Å². The largest absolute Gasteiger partial charge is 0.459 e. The second-order valence-corrected chi connectivity index (χ2v) is 6.52. The Morgan fingerprint density at radius 2 is 1.48 bits per heavy atom. The van der Waals surface area contributed by atoms with Gasteiger partial charge in [0.15, 0.2) is 0 Å². The summed E-state index contributed by atoms with van der Waals surface area (Å²) >= 11 is 0. The monoisotopic (exact) mass is 378 g/mol. The Balaban J connectivity index is 2.47. The molecule has 0 aliphatic carbocycles. The van der Waals surface area contributed by atoms with E-state index in [0.717, 1.165) is 12.0 Å². The van der Waals surface area contributed by atoms with Crippen molar-refractivity contribution in [3.05, 3.63) is 35.9 Å². The molecular formula is C19H30N4O4. The summed E-state index contributed by atoms with van der Waals surface area (Å²) in [4.78, 5) is 35.4. The third-order valence-corrected chi connectivity index (χ3v) is 3.82. The normalized spacial score (nSPS) is 13.9. The van der Waals surface area contributed by atoms with Gasteiger partial charge in [-0.15, -0.1) is 0 Å². The lowest BCUT2D eigenvalue weighted by Gasteiger charge is -2.20. The fourth-order valence-electron chi connectivity index (χ4n) is 2.23. The van der Waals surface area contributed by atoms with Gasteiger partial charge in [-0.25, -0.2) is 0 Å². The Bertz CT molecular complexity index is 581. The molecule has 1 aromatic carbocycles. The first kappa shape index (κ1) is 22.6. The summed E-state index contributed by atoms with van der Waals surface area (Å²) in [5.74, 6) is -1.11. The summed E-state index contributed by atoms with van der Waals surface area (Å²) in [6, 6.07) is 8.49. The van der Waals surface area contributed by atoms with E-state index in [9.17, 15) is 14.4 Å². The molecule has 0 radical (unpaired) electrons. The van der Waals surface area contributed by atoms with Crippen molar-refractivity contribution in [3.8, 4) is 0 Å². The average molecular weight is 378 g/mol. The van der Waals surface area contributed by atoms with E-state index < -0.39 is 18.2 Å². The number of carbonyl (C=O) groups excluding carboxylic acids is 3. The maximum Gasteiger partial charge on any atom is 0.306 e. The molecule has 1 aromatic rings. The molecule has 0 aliphatic rings. The molecule has 0 bridgehead atoms. The van der Waals surface area contributed by atoms with E-state index in [-0.39, 0.29) is 37.3 Å². The summed E-state index contributed by atoms with van der Waals surface area (Å²) < 4.78 is 5.40. The molecule has 0 fully saturated rings. The van der Waals surface area contributed by atoms with Crippen molar-refractivity contribution in [1.29, 1.82) is 0 Å². The molecule has 0 heterocycles. The van der Waals surface area contributed by atoms with E-state index in [4.69, 9.17) is 16.2 Å². The second kappa shape index (κ2) is 12.0. The van der Waals surface area contributed by atoms with Gasteiger partial charge in [0.25, 0.3) is 0 Å². The number of hydrogen-bond donors (Lipinski definition) is 4. The minimum Gasteiger partial charge on any atom is -0.459 e. The molecule has 0 spiro atoms. The van der Waals surface area contributed by atoms with Crippen LogP contribution in [0.1, 0.15) is 32.3 Å². The summed E-state index contributed by atoms with van der Waals surface area (Å²) in [7, 11) is 0. The fourth-order valence-corrected chi connectivity index (χ4v) is 2.23. The van der Waals surface area contributed by atoms with Gasteiger partial charge in [0.1, 0.15) is 6.10 Å².